The summed E-state index contributed by atoms with van der Waals surface area (Å²) in [4.78, 5) is -1.48. The van der Waals surface area contributed by atoms with Gasteiger partial charge in [-0.1, -0.05) is 0 Å². The molecule has 0 amide bonds. The molecule has 21 heavy (non-hydrogen) atoms. The molecule has 120 valence electrons. The van der Waals surface area contributed by atoms with Crippen LogP contribution in [0.25, 0.3) is 0 Å². The van der Waals surface area contributed by atoms with E-state index in [1.807, 2.05) is 0 Å². The molecule has 13 heteroatoms. The number of nitrogens with one attached hydrogen (secondary N) is 1. The van der Waals surface area contributed by atoms with Crippen LogP contribution in [0.2, 0.25) is 0 Å². The summed E-state index contributed by atoms with van der Waals surface area (Å²) in [5, 5.41) is 0. The first-order chi connectivity index (χ1) is 9.23. The molecule has 0 aliphatic carbocycles. The largest absolute Gasteiger partial charge is 0.759 e. The summed E-state index contributed by atoms with van der Waals surface area (Å²) in [5.74, 6) is 0. The summed E-state index contributed by atoms with van der Waals surface area (Å²) in [6, 6.07) is -0.498. The zero-order valence-electron chi connectivity index (χ0n) is 9.45. The predicted molar refractivity (Wildman–Crippen MR) is 55.7 cm³/mol. The Kier molecular flexibility index (Phi) is 4.72. The molecule has 1 aromatic carbocycles. The zero-order chi connectivity index (χ0) is 16.6. The fourth-order valence-electron chi connectivity index (χ4n) is 1.22. The van der Waals surface area contributed by atoms with Crippen LogP contribution >= 0.6 is 0 Å². The molecule has 1 N–H and O–H groups in total. The van der Waals surface area contributed by atoms with Gasteiger partial charge in [0.2, 0.25) is 0 Å². The van der Waals surface area contributed by atoms with E-state index in [1.54, 1.807) is 0 Å². The molecule has 0 radical (unpaired) electrons. The number of benzene rings is 1. The Labute approximate surface area is 116 Å². The van der Waals surface area contributed by atoms with E-state index >= 15 is 0 Å². The van der Waals surface area contributed by atoms with Crippen LogP contribution in [-0.2, 0) is 33.6 Å². The Bertz CT molecular complexity index is 634. The number of hydrogen-bond acceptors (Lipinski definition) is 4. The van der Waals surface area contributed by atoms with E-state index in [0.717, 1.165) is 4.13 Å². The standard InChI is InChI=1S/C8H5F6NO4S2/c9-7(10,11)4-1-5(8(12,13)14)3-6(2-4)21(18,19)15-20(16)17/h1-3,15H,(H,16,17)/p-1. The van der Waals surface area contributed by atoms with Crippen molar-refractivity contribution in [2.24, 2.45) is 0 Å². The third-order valence-electron chi connectivity index (χ3n) is 2.05. The van der Waals surface area contributed by atoms with Gasteiger partial charge in [-0.15, -0.1) is 4.13 Å². The number of sulfonamides is 1. The molecule has 1 aromatic rings. The second-order valence-corrected chi connectivity index (χ2v) is 6.18. The molecular formula is C8H4F6NO4S2-. The van der Waals surface area contributed by atoms with Gasteiger partial charge in [0, 0.05) is 11.3 Å². The van der Waals surface area contributed by atoms with Crippen LogP contribution in [0.3, 0.4) is 0 Å². The van der Waals surface area contributed by atoms with E-state index < -0.39 is 49.7 Å². The summed E-state index contributed by atoms with van der Waals surface area (Å²) >= 11 is -3.44. The predicted octanol–water partition coefficient (Wildman–Crippen LogP) is 1.80. The quantitative estimate of drug-likeness (QED) is 0.661. The minimum Gasteiger partial charge on any atom is -0.759 e. The fourth-order valence-corrected chi connectivity index (χ4v) is 2.88. The van der Waals surface area contributed by atoms with Crippen LogP contribution in [0.4, 0.5) is 26.3 Å². The van der Waals surface area contributed by atoms with Crippen LogP contribution in [0, 0.1) is 0 Å². The second-order valence-electron chi connectivity index (χ2n) is 3.56. The lowest BCUT2D eigenvalue weighted by Gasteiger charge is -2.15. The lowest BCUT2D eigenvalue weighted by Crippen LogP contribution is -2.26. The molecule has 1 unspecified atom stereocenters. The van der Waals surface area contributed by atoms with Crippen molar-refractivity contribution in [3.05, 3.63) is 29.3 Å². The normalized spacial score (nSPS) is 15.0. The van der Waals surface area contributed by atoms with E-state index in [1.165, 1.54) is 0 Å². The van der Waals surface area contributed by atoms with Crippen LogP contribution < -0.4 is 4.13 Å². The molecule has 0 aliphatic heterocycles. The van der Waals surface area contributed by atoms with Gasteiger partial charge in [0.15, 0.2) is 0 Å². The first-order valence-corrected chi connectivity index (χ1v) is 7.20. The van der Waals surface area contributed by atoms with Gasteiger partial charge in [0.05, 0.1) is 16.0 Å². The molecule has 0 saturated carbocycles. The van der Waals surface area contributed by atoms with E-state index in [0.29, 0.717) is 0 Å². The monoisotopic (exact) mass is 356 g/mol. The van der Waals surface area contributed by atoms with Crippen molar-refractivity contribution in [1.82, 2.24) is 4.13 Å². The number of halogens is 6. The SMILES string of the molecule is O=S([O-])NS(=O)(=O)c1cc(C(F)(F)F)cc(C(F)(F)F)c1. The molecule has 0 bridgehead atoms. The Hall–Kier alpha value is -1.18. The van der Waals surface area contributed by atoms with Crippen LogP contribution in [0.1, 0.15) is 11.1 Å². The summed E-state index contributed by atoms with van der Waals surface area (Å²) in [7, 11) is -5.09. The van der Waals surface area contributed by atoms with Crippen molar-refractivity contribution in [3.8, 4) is 0 Å². The van der Waals surface area contributed by atoms with E-state index in [9.17, 15) is 43.5 Å². The third kappa shape index (κ3) is 4.66. The van der Waals surface area contributed by atoms with Crippen molar-refractivity contribution >= 4 is 21.3 Å². The molecule has 0 heterocycles. The number of rotatable bonds is 3. The molecule has 0 fully saturated rings. The highest BCUT2D eigenvalue weighted by Gasteiger charge is 2.38. The summed E-state index contributed by atoms with van der Waals surface area (Å²) < 4.78 is 119. The third-order valence-corrected chi connectivity index (χ3v) is 4.33. The van der Waals surface area contributed by atoms with Gasteiger partial charge in [0.25, 0.3) is 10.0 Å². The topological polar surface area (TPSA) is 86.3 Å². The average Bonchev–Trinajstić information content (AvgIpc) is 2.24. The first kappa shape index (κ1) is 17.9. The van der Waals surface area contributed by atoms with Crippen molar-refractivity contribution in [2.45, 2.75) is 17.2 Å². The first-order valence-electron chi connectivity index (χ1n) is 4.64. The molecule has 5 nitrogen and oxygen atoms in total. The maximum absolute atomic E-state index is 12.5. The Morgan fingerprint density at radius 1 is 0.952 bits per heavy atom. The molecule has 1 atom stereocenters. The highest BCUT2D eigenvalue weighted by molar-refractivity contribution is 8.00. The van der Waals surface area contributed by atoms with E-state index in [2.05, 4.69) is 0 Å². The average molecular weight is 356 g/mol. The van der Waals surface area contributed by atoms with Gasteiger partial charge in [0.1, 0.15) is 0 Å². The van der Waals surface area contributed by atoms with E-state index in [-0.39, 0.29) is 18.2 Å². The van der Waals surface area contributed by atoms with Gasteiger partial charge in [-0.3, -0.25) is 4.21 Å². The summed E-state index contributed by atoms with van der Waals surface area (Å²) in [5.41, 5.74) is -3.76. The fraction of sp³-hybridized carbons (Fsp3) is 0.250. The van der Waals surface area contributed by atoms with E-state index in [4.69, 9.17) is 0 Å². The summed E-state index contributed by atoms with van der Waals surface area (Å²) in [6.45, 7) is 0. The maximum atomic E-state index is 12.5. The van der Waals surface area contributed by atoms with Crippen molar-refractivity contribution in [1.29, 1.82) is 0 Å². The van der Waals surface area contributed by atoms with Crippen molar-refractivity contribution < 1.29 is 43.5 Å². The van der Waals surface area contributed by atoms with Crippen molar-refractivity contribution in [3.63, 3.8) is 0 Å². The Morgan fingerprint density at radius 3 is 1.62 bits per heavy atom. The molecule has 0 saturated heterocycles. The lowest BCUT2D eigenvalue weighted by molar-refractivity contribution is -0.143. The zero-order valence-corrected chi connectivity index (χ0v) is 11.1. The highest BCUT2D eigenvalue weighted by atomic mass is 32.3. The molecule has 0 aromatic heterocycles. The van der Waals surface area contributed by atoms with Crippen LogP contribution in [-0.4, -0.2) is 17.2 Å². The van der Waals surface area contributed by atoms with Gasteiger partial charge in [-0.2, -0.15) is 26.3 Å². The van der Waals surface area contributed by atoms with Gasteiger partial charge >= 0.3 is 12.4 Å². The minimum absolute atomic E-state index is 0.107. The van der Waals surface area contributed by atoms with Crippen LogP contribution in [0.5, 0.6) is 0 Å². The number of hydrogen-bond donors (Lipinski definition) is 1. The van der Waals surface area contributed by atoms with Gasteiger partial charge in [-0.05, 0) is 18.2 Å². The lowest BCUT2D eigenvalue weighted by atomic mass is 10.1. The van der Waals surface area contributed by atoms with Gasteiger partial charge in [-0.25, -0.2) is 8.42 Å². The van der Waals surface area contributed by atoms with Gasteiger partial charge < -0.3 is 4.55 Å². The second kappa shape index (κ2) is 5.55. The highest BCUT2D eigenvalue weighted by Crippen LogP contribution is 2.37. The number of alkyl halides is 6. The maximum Gasteiger partial charge on any atom is 0.416 e. The summed E-state index contributed by atoms with van der Waals surface area (Å²) in [6.07, 6.45) is -10.5. The molecule has 1 rings (SSSR count). The molecule has 0 aliphatic rings. The smallest absolute Gasteiger partial charge is 0.416 e. The Morgan fingerprint density at radius 2 is 1.33 bits per heavy atom. The minimum atomic E-state index is -5.25. The van der Waals surface area contributed by atoms with Crippen molar-refractivity contribution in [2.75, 3.05) is 0 Å². The Balaban J connectivity index is 3.57. The molecular weight excluding hydrogens is 352 g/mol. The van der Waals surface area contributed by atoms with Crippen LogP contribution in [0.15, 0.2) is 23.1 Å². The molecule has 0 spiro atoms.